The summed E-state index contributed by atoms with van der Waals surface area (Å²) >= 11 is 6.02. The lowest BCUT2D eigenvalue weighted by Crippen LogP contribution is -2.50. The predicted octanol–water partition coefficient (Wildman–Crippen LogP) is 0.827. The third kappa shape index (κ3) is 3.21. The molecule has 1 aliphatic heterocycles. The smallest absolute Gasteiger partial charge is 0.243 e. The van der Waals surface area contributed by atoms with Crippen LogP contribution in [0.15, 0.2) is 23.1 Å². The van der Waals surface area contributed by atoms with E-state index in [2.05, 4.69) is 0 Å². The lowest BCUT2D eigenvalue weighted by molar-refractivity contribution is -0.122. The van der Waals surface area contributed by atoms with Crippen LogP contribution >= 0.6 is 11.6 Å². The van der Waals surface area contributed by atoms with Gasteiger partial charge in [-0.2, -0.15) is 4.31 Å². The van der Waals surface area contributed by atoms with Crippen LogP contribution in [0.1, 0.15) is 24.8 Å². The fourth-order valence-electron chi connectivity index (χ4n) is 2.47. The SMILES string of the molecule is NCc1ccc(S(=O)(=O)N2CCCCC2C(N)=O)cc1Cl. The average molecular weight is 332 g/mol. The molecule has 0 bridgehead atoms. The van der Waals surface area contributed by atoms with Gasteiger partial charge in [0, 0.05) is 18.1 Å². The summed E-state index contributed by atoms with van der Waals surface area (Å²) in [5, 5.41) is 0.297. The Bertz CT molecular complexity index is 648. The van der Waals surface area contributed by atoms with E-state index in [1.807, 2.05) is 0 Å². The summed E-state index contributed by atoms with van der Waals surface area (Å²) in [4.78, 5) is 11.5. The number of primary amides is 1. The number of hydrogen-bond donors (Lipinski definition) is 2. The van der Waals surface area contributed by atoms with Gasteiger partial charge in [0.15, 0.2) is 0 Å². The standard InChI is InChI=1S/C13H18ClN3O3S/c14-11-7-10(5-4-9(11)8-15)21(19,20)17-6-2-1-3-12(17)13(16)18/h4-5,7,12H,1-3,6,8,15H2,(H2,16,18). The van der Waals surface area contributed by atoms with Gasteiger partial charge in [-0.15, -0.1) is 0 Å². The molecule has 0 saturated carbocycles. The van der Waals surface area contributed by atoms with E-state index in [0.717, 1.165) is 6.42 Å². The third-order valence-corrected chi connectivity index (χ3v) is 5.89. The summed E-state index contributed by atoms with van der Waals surface area (Å²) in [6, 6.07) is 3.61. The molecule has 0 spiro atoms. The quantitative estimate of drug-likeness (QED) is 0.852. The van der Waals surface area contributed by atoms with Gasteiger partial charge in [0.05, 0.1) is 4.90 Å². The minimum Gasteiger partial charge on any atom is -0.368 e. The Labute approximate surface area is 129 Å². The number of hydrogen-bond acceptors (Lipinski definition) is 4. The molecule has 1 aliphatic rings. The van der Waals surface area contributed by atoms with Gasteiger partial charge in [0.2, 0.25) is 15.9 Å². The van der Waals surface area contributed by atoms with E-state index in [1.54, 1.807) is 6.07 Å². The van der Waals surface area contributed by atoms with Crippen molar-refractivity contribution in [1.82, 2.24) is 4.31 Å². The number of carbonyl (C=O) groups excluding carboxylic acids is 1. The predicted molar refractivity (Wildman–Crippen MR) is 80.1 cm³/mol. The van der Waals surface area contributed by atoms with Crippen molar-refractivity contribution in [2.75, 3.05) is 6.54 Å². The number of carbonyl (C=O) groups is 1. The lowest BCUT2D eigenvalue weighted by atomic mass is 10.0. The molecule has 1 amide bonds. The Morgan fingerprint density at radius 3 is 2.67 bits per heavy atom. The average Bonchev–Trinajstić information content (AvgIpc) is 2.47. The van der Waals surface area contributed by atoms with Crippen molar-refractivity contribution in [3.8, 4) is 0 Å². The molecule has 1 aromatic rings. The van der Waals surface area contributed by atoms with Gasteiger partial charge >= 0.3 is 0 Å². The van der Waals surface area contributed by atoms with E-state index in [9.17, 15) is 13.2 Å². The Hall–Kier alpha value is -1.15. The molecule has 2 rings (SSSR count). The van der Waals surface area contributed by atoms with Crippen LogP contribution in [0.5, 0.6) is 0 Å². The molecule has 0 aliphatic carbocycles. The van der Waals surface area contributed by atoms with E-state index in [0.29, 0.717) is 23.4 Å². The fraction of sp³-hybridized carbons (Fsp3) is 0.462. The molecule has 116 valence electrons. The Kier molecular flexibility index (Phi) is 4.88. The van der Waals surface area contributed by atoms with E-state index in [4.69, 9.17) is 23.1 Å². The van der Waals surface area contributed by atoms with Crippen LogP contribution in [-0.4, -0.2) is 31.2 Å². The summed E-state index contributed by atoms with van der Waals surface area (Å²) in [5.41, 5.74) is 11.5. The Balaban J connectivity index is 2.40. The normalized spacial score (nSPS) is 20.4. The molecule has 0 radical (unpaired) electrons. The molecule has 1 atom stereocenters. The number of rotatable bonds is 4. The monoisotopic (exact) mass is 331 g/mol. The fourth-order valence-corrected chi connectivity index (χ4v) is 4.48. The highest BCUT2D eigenvalue weighted by molar-refractivity contribution is 7.89. The van der Waals surface area contributed by atoms with E-state index < -0.39 is 22.0 Å². The van der Waals surface area contributed by atoms with Crippen LogP contribution in [0.3, 0.4) is 0 Å². The molecule has 4 N–H and O–H groups in total. The molecule has 1 saturated heterocycles. The first-order chi connectivity index (χ1) is 9.87. The molecular formula is C13H18ClN3O3S. The molecule has 8 heteroatoms. The van der Waals surface area contributed by atoms with Crippen molar-refractivity contribution in [2.24, 2.45) is 11.5 Å². The zero-order valence-corrected chi connectivity index (χ0v) is 13.0. The largest absolute Gasteiger partial charge is 0.368 e. The third-order valence-electron chi connectivity index (χ3n) is 3.63. The second-order valence-electron chi connectivity index (χ2n) is 4.99. The van der Waals surface area contributed by atoms with Crippen LogP contribution < -0.4 is 11.5 Å². The van der Waals surface area contributed by atoms with Crippen LogP contribution in [0.4, 0.5) is 0 Å². The van der Waals surface area contributed by atoms with Crippen molar-refractivity contribution in [2.45, 2.75) is 36.7 Å². The van der Waals surface area contributed by atoms with Gasteiger partial charge in [-0.3, -0.25) is 4.79 Å². The van der Waals surface area contributed by atoms with Gasteiger partial charge in [-0.05, 0) is 30.5 Å². The maximum Gasteiger partial charge on any atom is 0.243 e. The first-order valence-electron chi connectivity index (χ1n) is 6.67. The van der Waals surface area contributed by atoms with Crippen LogP contribution in [0, 0.1) is 0 Å². The lowest BCUT2D eigenvalue weighted by Gasteiger charge is -2.32. The summed E-state index contributed by atoms with van der Waals surface area (Å²) in [6.07, 6.45) is 1.94. The zero-order valence-electron chi connectivity index (χ0n) is 11.5. The van der Waals surface area contributed by atoms with Gasteiger partial charge in [-0.25, -0.2) is 8.42 Å². The number of nitrogens with two attached hydrogens (primary N) is 2. The highest BCUT2D eigenvalue weighted by Crippen LogP contribution is 2.28. The summed E-state index contributed by atoms with van der Waals surface area (Å²) < 4.78 is 26.5. The summed E-state index contributed by atoms with van der Waals surface area (Å²) in [5.74, 6) is -0.622. The molecule has 0 aromatic heterocycles. The minimum atomic E-state index is -3.80. The van der Waals surface area contributed by atoms with Crippen molar-refractivity contribution >= 4 is 27.5 Å². The first kappa shape index (κ1) is 16.2. The van der Waals surface area contributed by atoms with E-state index in [1.165, 1.54) is 16.4 Å². The Morgan fingerprint density at radius 1 is 1.38 bits per heavy atom. The molecule has 1 unspecified atom stereocenters. The van der Waals surface area contributed by atoms with Gasteiger partial charge < -0.3 is 11.5 Å². The van der Waals surface area contributed by atoms with Crippen molar-refractivity contribution in [1.29, 1.82) is 0 Å². The molecular weight excluding hydrogens is 314 g/mol. The number of halogens is 1. The van der Waals surface area contributed by atoms with Crippen molar-refractivity contribution < 1.29 is 13.2 Å². The highest BCUT2D eigenvalue weighted by atomic mass is 35.5. The Morgan fingerprint density at radius 2 is 2.10 bits per heavy atom. The second-order valence-corrected chi connectivity index (χ2v) is 7.28. The van der Waals surface area contributed by atoms with Crippen LogP contribution in [0.25, 0.3) is 0 Å². The molecule has 1 heterocycles. The number of benzene rings is 1. The van der Waals surface area contributed by atoms with Crippen molar-refractivity contribution in [3.63, 3.8) is 0 Å². The number of piperidine rings is 1. The maximum absolute atomic E-state index is 12.7. The van der Waals surface area contributed by atoms with Gasteiger partial charge in [-0.1, -0.05) is 24.1 Å². The number of nitrogens with zero attached hydrogens (tertiary/aromatic N) is 1. The number of sulfonamides is 1. The molecule has 1 fully saturated rings. The first-order valence-corrected chi connectivity index (χ1v) is 8.49. The van der Waals surface area contributed by atoms with Crippen LogP contribution in [0.2, 0.25) is 5.02 Å². The topological polar surface area (TPSA) is 106 Å². The van der Waals surface area contributed by atoms with Gasteiger partial charge in [0.1, 0.15) is 6.04 Å². The second kappa shape index (κ2) is 6.31. The van der Waals surface area contributed by atoms with Crippen molar-refractivity contribution in [3.05, 3.63) is 28.8 Å². The molecule has 1 aromatic carbocycles. The summed E-state index contributed by atoms with van der Waals surface area (Å²) in [6.45, 7) is 0.513. The maximum atomic E-state index is 12.7. The van der Waals surface area contributed by atoms with Crippen LogP contribution in [-0.2, 0) is 21.4 Å². The summed E-state index contributed by atoms with van der Waals surface area (Å²) in [7, 11) is -3.80. The molecule has 6 nitrogen and oxygen atoms in total. The van der Waals surface area contributed by atoms with E-state index >= 15 is 0 Å². The number of amides is 1. The zero-order chi connectivity index (χ0) is 15.6. The van der Waals surface area contributed by atoms with Gasteiger partial charge in [0.25, 0.3) is 0 Å². The highest BCUT2D eigenvalue weighted by Gasteiger charge is 2.36. The molecule has 21 heavy (non-hydrogen) atoms. The van der Waals surface area contributed by atoms with E-state index in [-0.39, 0.29) is 18.0 Å². The minimum absolute atomic E-state index is 0.0536.